The quantitative estimate of drug-likeness (QED) is 0.435. The summed E-state index contributed by atoms with van der Waals surface area (Å²) in [5.74, 6) is 0. The van der Waals surface area contributed by atoms with Crippen molar-refractivity contribution in [1.82, 2.24) is 5.32 Å². The van der Waals surface area contributed by atoms with Crippen molar-refractivity contribution in [2.24, 2.45) is 0 Å². The van der Waals surface area contributed by atoms with Crippen molar-refractivity contribution in [3.63, 3.8) is 0 Å². The molecule has 0 amide bonds. The molecule has 1 rings (SSSR count). The van der Waals surface area contributed by atoms with Gasteiger partial charge in [0, 0.05) is 31.9 Å². The molecule has 0 aromatic heterocycles. The molecule has 0 bridgehead atoms. The van der Waals surface area contributed by atoms with E-state index in [4.69, 9.17) is 4.74 Å². The second-order valence-electron chi connectivity index (χ2n) is 3.41. The van der Waals surface area contributed by atoms with Gasteiger partial charge in [-0.1, -0.05) is 18.2 Å². The zero-order valence-corrected chi connectivity index (χ0v) is 9.31. The number of hydrogen-bond donors (Lipinski definition) is 1. The molecular formula is C11H16N2O3. The molecule has 16 heavy (non-hydrogen) atoms. The van der Waals surface area contributed by atoms with Crippen LogP contribution in [0.25, 0.3) is 0 Å². The molecule has 0 atom stereocenters. The summed E-state index contributed by atoms with van der Waals surface area (Å²) in [7, 11) is 1.65. The largest absolute Gasteiger partial charge is 0.385 e. The van der Waals surface area contributed by atoms with Crippen molar-refractivity contribution < 1.29 is 9.66 Å². The van der Waals surface area contributed by atoms with Gasteiger partial charge in [-0.25, -0.2) is 0 Å². The van der Waals surface area contributed by atoms with E-state index in [2.05, 4.69) is 5.32 Å². The lowest BCUT2D eigenvalue weighted by atomic mass is 10.2. The predicted molar refractivity (Wildman–Crippen MR) is 61.3 cm³/mol. The van der Waals surface area contributed by atoms with E-state index in [-0.39, 0.29) is 10.6 Å². The van der Waals surface area contributed by atoms with Crippen molar-refractivity contribution in [3.8, 4) is 0 Å². The maximum absolute atomic E-state index is 10.7. The first-order valence-corrected chi connectivity index (χ1v) is 5.17. The number of hydrogen-bond acceptors (Lipinski definition) is 4. The van der Waals surface area contributed by atoms with E-state index >= 15 is 0 Å². The van der Waals surface area contributed by atoms with Crippen LogP contribution in [0, 0.1) is 10.1 Å². The summed E-state index contributed by atoms with van der Waals surface area (Å²) < 4.78 is 4.91. The fraction of sp³-hybridized carbons (Fsp3) is 0.455. The number of para-hydroxylation sites is 1. The van der Waals surface area contributed by atoms with Crippen LogP contribution in [0.5, 0.6) is 0 Å². The van der Waals surface area contributed by atoms with Crippen LogP contribution in [0.15, 0.2) is 24.3 Å². The number of benzene rings is 1. The Morgan fingerprint density at radius 3 is 2.88 bits per heavy atom. The molecule has 0 unspecified atom stereocenters. The number of methoxy groups -OCH3 is 1. The molecule has 0 radical (unpaired) electrons. The molecule has 0 aliphatic heterocycles. The van der Waals surface area contributed by atoms with Crippen molar-refractivity contribution in [2.45, 2.75) is 13.0 Å². The second-order valence-corrected chi connectivity index (χ2v) is 3.41. The van der Waals surface area contributed by atoms with Gasteiger partial charge in [-0.05, 0) is 13.0 Å². The highest BCUT2D eigenvalue weighted by Crippen LogP contribution is 2.16. The number of nitro groups is 1. The van der Waals surface area contributed by atoms with Gasteiger partial charge < -0.3 is 10.1 Å². The maximum atomic E-state index is 10.7. The first-order valence-electron chi connectivity index (χ1n) is 5.17. The second kappa shape index (κ2) is 6.92. The zero-order valence-electron chi connectivity index (χ0n) is 9.31. The fourth-order valence-corrected chi connectivity index (χ4v) is 1.40. The number of nitro benzene ring substituents is 1. The predicted octanol–water partition coefficient (Wildman–Crippen LogP) is 1.72. The molecule has 1 N–H and O–H groups in total. The van der Waals surface area contributed by atoms with Gasteiger partial charge in [0.1, 0.15) is 0 Å². The Labute approximate surface area is 94.6 Å². The Balaban J connectivity index is 2.44. The average molecular weight is 224 g/mol. The smallest absolute Gasteiger partial charge is 0.273 e. The van der Waals surface area contributed by atoms with E-state index in [0.717, 1.165) is 13.0 Å². The standard InChI is InChI=1S/C11H16N2O3/c1-16-8-4-7-12-9-10-5-2-3-6-11(10)13(14)15/h2-3,5-6,12H,4,7-9H2,1H3. The van der Waals surface area contributed by atoms with Crippen molar-refractivity contribution >= 4 is 5.69 Å². The molecule has 1 aromatic rings. The lowest BCUT2D eigenvalue weighted by Gasteiger charge is -2.05. The minimum absolute atomic E-state index is 0.168. The van der Waals surface area contributed by atoms with Gasteiger partial charge in [-0.2, -0.15) is 0 Å². The van der Waals surface area contributed by atoms with Crippen molar-refractivity contribution in [2.75, 3.05) is 20.3 Å². The van der Waals surface area contributed by atoms with Crippen LogP contribution in [0.3, 0.4) is 0 Å². The Hall–Kier alpha value is -1.46. The normalized spacial score (nSPS) is 10.3. The average Bonchev–Trinajstić information content (AvgIpc) is 2.29. The summed E-state index contributed by atoms with van der Waals surface area (Å²) in [5.41, 5.74) is 0.881. The topological polar surface area (TPSA) is 64.4 Å². The Morgan fingerprint density at radius 1 is 1.44 bits per heavy atom. The Bertz CT molecular complexity index is 342. The molecule has 0 spiro atoms. The molecule has 5 heteroatoms. The summed E-state index contributed by atoms with van der Waals surface area (Å²) in [5, 5.41) is 13.9. The van der Waals surface area contributed by atoms with E-state index in [9.17, 15) is 10.1 Å². The van der Waals surface area contributed by atoms with Crippen LogP contribution >= 0.6 is 0 Å². The van der Waals surface area contributed by atoms with Crippen molar-refractivity contribution in [3.05, 3.63) is 39.9 Å². The fourth-order valence-electron chi connectivity index (χ4n) is 1.40. The molecule has 0 fully saturated rings. The summed E-state index contributed by atoms with van der Waals surface area (Å²) in [6.07, 6.45) is 0.900. The first kappa shape index (κ1) is 12.6. The lowest BCUT2D eigenvalue weighted by Crippen LogP contribution is -2.16. The van der Waals surface area contributed by atoms with Gasteiger partial charge in [0.15, 0.2) is 0 Å². The number of nitrogens with one attached hydrogen (secondary N) is 1. The highest BCUT2D eigenvalue weighted by Gasteiger charge is 2.10. The third kappa shape index (κ3) is 3.96. The highest BCUT2D eigenvalue weighted by molar-refractivity contribution is 5.39. The van der Waals surface area contributed by atoms with Gasteiger partial charge in [0.25, 0.3) is 5.69 Å². The molecule has 0 aliphatic rings. The van der Waals surface area contributed by atoms with Crippen LogP contribution in [-0.2, 0) is 11.3 Å². The van der Waals surface area contributed by atoms with E-state index in [1.165, 1.54) is 6.07 Å². The van der Waals surface area contributed by atoms with Crippen LogP contribution in [-0.4, -0.2) is 25.2 Å². The minimum atomic E-state index is -0.355. The summed E-state index contributed by atoms with van der Waals surface area (Å²) in [4.78, 5) is 10.4. The summed E-state index contributed by atoms with van der Waals surface area (Å²) >= 11 is 0. The van der Waals surface area contributed by atoms with E-state index in [1.807, 2.05) is 0 Å². The van der Waals surface area contributed by atoms with Crippen LogP contribution in [0.2, 0.25) is 0 Å². The monoisotopic (exact) mass is 224 g/mol. The molecule has 88 valence electrons. The summed E-state index contributed by atoms with van der Waals surface area (Å²) in [6.45, 7) is 2.00. The third-order valence-corrected chi connectivity index (χ3v) is 2.21. The Morgan fingerprint density at radius 2 is 2.19 bits per heavy atom. The highest BCUT2D eigenvalue weighted by atomic mass is 16.6. The minimum Gasteiger partial charge on any atom is -0.385 e. The Kier molecular flexibility index (Phi) is 5.45. The van der Waals surface area contributed by atoms with Gasteiger partial charge >= 0.3 is 0 Å². The van der Waals surface area contributed by atoms with Crippen molar-refractivity contribution in [1.29, 1.82) is 0 Å². The molecule has 1 aromatic carbocycles. The maximum Gasteiger partial charge on any atom is 0.273 e. The SMILES string of the molecule is COCCCNCc1ccccc1[N+](=O)[O-]. The van der Waals surface area contributed by atoms with Gasteiger partial charge in [0.2, 0.25) is 0 Å². The molecule has 0 saturated carbocycles. The third-order valence-electron chi connectivity index (χ3n) is 2.21. The van der Waals surface area contributed by atoms with Gasteiger partial charge in [0.05, 0.1) is 4.92 Å². The van der Waals surface area contributed by atoms with Gasteiger partial charge in [-0.15, -0.1) is 0 Å². The summed E-state index contributed by atoms with van der Waals surface area (Å²) in [6, 6.07) is 6.76. The van der Waals surface area contributed by atoms with Gasteiger partial charge in [-0.3, -0.25) is 10.1 Å². The number of rotatable bonds is 7. The van der Waals surface area contributed by atoms with E-state index < -0.39 is 0 Å². The van der Waals surface area contributed by atoms with E-state index in [1.54, 1.807) is 25.3 Å². The molecule has 0 heterocycles. The van der Waals surface area contributed by atoms with Crippen LogP contribution < -0.4 is 5.32 Å². The van der Waals surface area contributed by atoms with E-state index in [0.29, 0.717) is 18.7 Å². The van der Waals surface area contributed by atoms with Crippen LogP contribution in [0.4, 0.5) is 5.69 Å². The molecule has 0 aliphatic carbocycles. The number of ether oxygens (including phenoxy) is 1. The molecule has 0 saturated heterocycles. The zero-order chi connectivity index (χ0) is 11.8. The van der Waals surface area contributed by atoms with Crippen LogP contribution in [0.1, 0.15) is 12.0 Å². The first-order chi connectivity index (χ1) is 7.75. The number of nitrogens with zero attached hydrogens (tertiary/aromatic N) is 1. The lowest BCUT2D eigenvalue weighted by molar-refractivity contribution is -0.385. The molecule has 5 nitrogen and oxygen atoms in total. The molecular weight excluding hydrogens is 208 g/mol.